The van der Waals surface area contributed by atoms with E-state index in [4.69, 9.17) is 0 Å². The highest BCUT2D eigenvalue weighted by Gasteiger charge is 2.65. The van der Waals surface area contributed by atoms with Crippen molar-refractivity contribution < 1.29 is 14.4 Å². The van der Waals surface area contributed by atoms with Crippen molar-refractivity contribution in [2.24, 2.45) is 16.9 Å². The number of carbonyl (C=O) groups is 3. The third-order valence-corrected chi connectivity index (χ3v) is 7.85. The average Bonchev–Trinajstić information content (AvgIpc) is 3.46. The third kappa shape index (κ3) is 3.27. The quantitative estimate of drug-likeness (QED) is 0.290. The number of carbonyl (C=O) groups excluding carboxylic acids is 3. The summed E-state index contributed by atoms with van der Waals surface area (Å²) in [7, 11) is 0. The summed E-state index contributed by atoms with van der Waals surface area (Å²) in [5, 5.41) is 6.34. The lowest BCUT2D eigenvalue weighted by atomic mass is 9.83. The van der Waals surface area contributed by atoms with Crippen LogP contribution in [0.4, 0.5) is 5.69 Å². The predicted molar refractivity (Wildman–Crippen MR) is 145 cm³/mol. The van der Waals surface area contributed by atoms with Crippen molar-refractivity contribution in [3.63, 3.8) is 0 Å². The summed E-state index contributed by atoms with van der Waals surface area (Å²) in [5.41, 5.74) is 4.86. The minimum atomic E-state index is -0.887. The smallest absolute Gasteiger partial charge is 0.240 e. The summed E-state index contributed by atoms with van der Waals surface area (Å²) in [6, 6.07) is 32.7. The molecule has 4 unspecified atom stereocenters. The summed E-state index contributed by atoms with van der Waals surface area (Å²) >= 11 is 0. The number of para-hydroxylation sites is 1. The number of amides is 2. The van der Waals surface area contributed by atoms with Gasteiger partial charge in [0.25, 0.3) is 0 Å². The van der Waals surface area contributed by atoms with E-state index in [-0.39, 0.29) is 17.6 Å². The van der Waals surface area contributed by atoms with Crippen LogP contribution in [0.2, 0.25) is 0 Å². The maximum atomic E-state index is 14.1. The van der Waals surface area contributed by atoms with E-state index in [1.54, 1.807) is 47.6 Å². The Morgan fingerprint density at radius 2 is 1.26 bits per heavy atom. The van der Waals surface area contributed by atoms with Crippen molar-refractivity contribution in [3.8, 4) is 11.1 Å². The average molecular weight is 498 g/mol. The molecular formula is C32H23N3O3. The van der Waals surface area contributed by atoms with Crippen LogP contribution >= 0.6 is 0 Å². The molecule has 4 atom stereocenters. The molecule has 4 aromatic rings. The second-order valence-electron chi connectivity index (χ2n) is 9.85. The first-order valence-corrected chi connectivity index (χ1v) is 12.7. The highest BCUT2D eigenvalue weighted by Crippen LogP contribution is 2.53. The molecule has 0 radical (unpaired) electrons. The van der Waals surface area contributed by atoms with Gasteiger partial charge in [0, 0.05) is 5.56 Å². The zero-order valence-corrected chi connectivity index (χ0v) is 20.3. The van der Waals surface area contributed by atoms with Crippen molar-refractivity contribution in [2.45, 2.75) is 12.1 Å². The Labute approximate surface area is 219 Å². The van der Waals surface area contributed by atoms with Gasteiger partial charge < -0.3 is 0 Å². The lowest BCUT2D eigenvalue weighted by Crippen LogP contribution is -2.44. The fourth-order valence-corrected chi connectivity index (χ4v) is 6.13. The second-order valence-corrected chi connectivity index (χ2v) is 9.85. The zero-order chi connectivity index (χ0) is 25.8. The molecule has 3 aliphatic rings. The fraction of sp³-hybridized carbons (Fsp3) is 0.125. The van der Waals surface area contributed by atoms with E-state index in [1.165, 1.54) is 4.90 Å². The number of benzene rings is 4. The Hall–Kier alpha value is -4.84. The summed E-state index contributed by atoms with van der Waals surface area (Å²) in [6.45, 7) is 0. The Bertz CT molecular complexity index is 1600. The second kappa shape index (κ2) is 8.63. The maximum absolute atomic E-state index is 14.1. The van der Waals surface area contributed by atoms with Crippen LogP contribution in [0, 0.1) is 11.8 Å². The number of nitrogens with zero attached hydrogens (tertiary/aromatic N) is 3. The van der Waals surface area contributed by atoms with Crippen LogP contribution in [0.1, 0.15) is 27.5 Å². The Morgan fingerprint density at radius 1 is 0.658 bits per heavy atom. The molecule has 6 heteroatoms. The van der Waals surface area contributed by atoms with Crippen LogP contribution < -0.4 is 4.90 Å². The molecule has 38 heavy (non-hydrogen) atoms. The van der Waals surface area contributed by atoms with E-state index < -0.39 is 23.9 Å². The first-order chi connectivity index (χ1) is 18.6. The minimum absolute atomic E-state index is 0.213. The number of hydrazone groups is 1. The first kappa shape index (κ1) is 22.4. The molecule has 0 spiro atoms. The molecule has 0 N–H and O–H groups in total. The molecule has 2 saturated heterocycles. The van der Waals surface area contributed by atoms with Gasteiger partial charge in [-0.1, -0.05) is 97.1 Å². The Balaban J connectivity index is 1.31. The molecule has 2 amide bonds. The van der Waals surface area contributed by atoms with Gasteiger partial charge in [-0.15, -0.1) is 0 Å². The maximum Gasteiger partial charge on any atom is 0.240 e. The van der Waals surface area contributed by atoms with Crippen LogP contribution in [0.15, 0.2) is 114 Å². The Morgan fingerprint density at radius 3 is 2.00 bits per heavy atom. The summed E-state index contributed by atoms with van der Waals surface area (Å²) in [5.74, 6) is -2.40. The molecule has 0 aliphatic carbocycles. The van der Waals surface area contributed by atoms with Crippen molar-refractivity contribution in [2.75, 3.05) is 4.90 Å². The molecule has 184 valence electrons. The topological polar surface area (TPSA) is 70.0 Å². The van der Waals surface area contributed by atoms with E-state index in [1.807, 2.05) is 72.8 Å². The van der Waals surface area contributed by atoms with Crippen LogP contribution in [-0.2, 0) is 9.59 Å². The van der Waals surface area contributed by atoms with Gasteiger partial charge in [0.15, 0.2) is 5.78 Å². The van der Waals surface area contributed by atoms with Crippen molar-refractivity contribution in [1.82, 2.24) is 5.01 Å². The molecule has 6 nitrogen and oxygen atoms in total. The minimum Gasteiger partial charge on any atom is -0.292 e. The summed E-state index contributed by atoms with van der Waals surface area (Å²) in [4.78, 5) is 43.2. The molecular weight excluding hydrogens is 474 g/mol. The van der Waals surface area contributed by atoms with Crippen molar-refractivity contribution in [1.29, 1.82) is 0 Å². The number of rotatable bonds is 4. The van der Waals surface area contributed by atoms with Gasteiger partial charge in [-0.2, -0.15) is 5.10 Å². The van der Waals surface area contributed by atoms with Crippen LogP contribution in [0.5, 0.6) is 0 Å². The van der Waals surface area contributed by atoms with Crippen molar-refractivity contribution >= 4 is 29.5 Å². The number of anilines is 1. The summed E-state index contributed by atoms with van der Waals surface area (Å²) < 4.78 is 0. The van der Waals surface area contributed by atoms with Crippen LogP contribution in [0.3, 0.4) is 0 Å². The summed E-state index contributed by atoms with van der Waals surface area (Å²) in [6.07, 6.45) is 1.72. The van der Waals surface area contributed by atoms with E-state index in [0.717, 1.165) is 22.3 Å². The number of hydrogen-bond donors (Lipinski definition) is 0. The van der Waals surface area contributed by atoms with E-state index in [2.05, 4.69) is 5.10 Å². The predicted octanol–water partition coefficient (Wildman–Crippen LogP) is 5.12. The van der Waals surface area contributed by atoms with Gasteiger partial charge >= 0.3 is 0 Å². The molecule has 0 bridgehead atoms. The number of imide groups is 1. The van der Waals surface area contributed by atoms with Gasteiger partial charge in [-0.05, 0) is 34.4 Å². The van der Waals surface area contributed by atoms with Gasteiger partial charge in [0.2, 0.25) is 11.8 Å². The number of Topliss-reactive ketones (excluding diaryl/α,β-unsaturated/α-hetero) is 1. The zero-order valence-electron chi connectivity index (χ0n) is 20.3. The largest absolute Gasteiger partial charge is 0.292 e. The molecule has 4 aromatic carbocycles. The lowest BCUT2D eigenvalue weighted by molar-refractivity contribution is -0.124. The fourth-order valence-electron chi connectivity index (χ4n) is 6.13. The monoisotopic (exact) mass is 497 g/mol. The lowest BCUT2D eigenvalue weighted by Gasteiger charge is -2.33. The highest BCUT2D eigenvalue weighted by atomic mass is 16.2. The van der Waals surface area contributed by atoms with Crippen LogP contribution in [0.25, 0.3) is 11.1 Å². The van der Waals surface area contributed by atoms with E-state index in [9.17, 15) is 14.4 Å². The van der Waals surface area contributed by atoms with Crippen LogP contribution in [-0.4, -0.2) is 34.9 Å². The molecule has 3 heterocycles. The molecule has 3 aliphatic heterocycles. The molecule has 7 rings (SSSR count). The standard InChI is InChI=1S/C32H23N3O3/c36-30(22-17-15-21(16-18-22)20-9-3-1-4-10-20)29-27-26(28-25-14-8-7-11-23(25)19-33-35(28)29)31(37)34(32(27)38)24-12-5-2-6-13-24/h1-19,26-29H. The van der Waals surface area contributed by atoms with E-state index >= 15 is 0 Å². The van der Waals surface area contributed by atoms with Gasteiger partial charge in [-0.3, -0.25) is 19.4 Å². The number of hydrogen-bond acceptors (Lipinski definition) is 5. The third-order valence-electron chi connectivity index (χ3n) is 7.85. The number of ketones is 1. The molecule has 0 aromatic heterocycles. The number of fused-ring (bicyclic) bond motifs is 5. The van der Waals surface area contributed by atoms with Gasteiger partial charge in [0.1, 0.15) is 6.04 Å². The van der Waals surface area contributed by atoms with Crippen molar-refractivity contribution in [3.05, 3.63) is 126 Å². The highest BCUT2D eigenvalue weighted by molar-refractivity contribution is 6.24. The van der Waals surface area contributed by atoms with Gasteiger partial charge in [-0.25, -0.2) is 4.90 Å². The van der Waals surface area contributed by atoms with Gasteiger partial charge in [0.05, 0.1) is 29.8 Å². The Kier molecular flexibility index (Phi) is 5.08. The SMILES string of the molecule is O=C(c1ccc(-c2ccccc2)cc1)C1C2C(=O)N(c3ccccc3)C(=O)C2C2c3ccccc3C=NN12. The normalized spacial score (nSPS) is 23.3. The first-order valence-electron chi connectivity index (χ1n) is 12.7. The van der Waals surface area contributed by atoms with E-state index in [0.29, 0.717) is 11.3 Å². The molecule has 2 fully saturated rings. The molecule has 0 saturated carbocycles.